The molecule has 25 heavy (non-hydrogen) atoms. The molecule has 1 aliphatic rings. The minimum Gasteiger partial charge on any atom is -0.371 e. The Morgan fingerprint density at radius 2 is 2.00 bits per heavy atom. The van der Waals surface area contributed by atoms with Crippen LogP contribution in [0.4, 0.5) is 0 Å². The van der Waals surface area contributed by atoms with E-state index in [-0.39, 0.29) is 17.8 Å². The largest absolute Gasteiger partial charge is 0.371 e. The number of ketones is 1. The van der Waals surface area contributed by atoms with Crippen LogP contribution < -0.4 is 0 Å². The van der Waals surface area contributed by atoms with Crippen LogP contribution in [0.3, 0.4) is 0 Å². The van der Waals surface area contributed by atoms with Gasteiger partial charge in [-0.15, -0.1) is 5.10 Å². The molecule has 134 valence electrons. The first kappa shape index (κ1) is 17.8. The number of hydrogen-bond acceptors (Lipinski definition) is 4. The summed E-state index contributed by atoms with van der Waals surface area (Å²) in [5.74, 6) is 0.810. The van der Waals surface area contributed by atoms with E-state index in [1.54, 1.807) is 4.68 Å². The van der Waals surface area contributed by atoms with Gasteiger partial charge in [0.1, 0.15) is 11.9 Å². The first-order valence-electron chi connectivity index (χ1n) is 9.13. The van der Waals surface area contributed by atoms with Gasteiger partial charge in [-0.1, -0.05) is 50.3 Å². The number of rotatable bonds is 9. The number of Topliss-reactive ketones (excluding diaryl/α,β-unsaturated/α-hetero) is 1. The fraction of sp³-hybridized carbons (Fsp3) is 0.550. The van der Waals surface area contributed by atoms with Crippen molar-refractivity contribution in [3.8, 4) is 0 Å². The fourth-order valence-electron chi connectivity index (χ4n) is 2.99. The zero-order chi connectivity index (χ0) is 17.8. The molecule has 1 aromatic carbocycles. The Balaban J connectivity index is 1.50. The number of ether oxygens (including phenoxy) is 1. The molecule has 5 heteroatoms. The van der Waals surface area contributed by atoms with Gasteiger partial charge in [0, 0.05) is 25.0 Å². The van der Waals surface area contributed by atoms with Gasteiger partial charge >= 0.3 is 0 Å². The van der Waals surface area contributed by atoms with Crippen molar-refractivity contribution in [1.29, 1.82) is 0 Å². The third-order valence-electron chi connectivity index (χ3n) is 4.61. The highest BCUT2D eigenvalue weighted by Gasteiger charge is 2.23. The van der Waals surface area contributed by atoms with Crippen LogP contribution in [0.5, 0.6) is 0 Å². The van der Waals surface area contributed by atoms with Gasteiger partial charge in [0.2, 0.25) is 0 Å². The Morgan fingerprint density at radius 3 is 2.64 bits per heavy atom. The average Bonchev–Trinajstić information content (AvgIpc) is 3.28. The number of benzene rings is 1. The van der Waals surface area contributed by atoms with Crippen LogP contribution in [-0.4, -0.2) is 33.5 Å². The highest BCUT2D eigenvalue weighted by atomic mass is 16.6. The third-order valence-corrected chi connectivity index (χ3v) is 4.61. The lowest BCUT2D eigenvalue weighted by Crippen LogP contribution is -2.10. The minimum atomic E-state index is -0.0805. The molecule has 1 unspecified atom stereocenters. The predicted molar refractivity (Wildman–Crippen MR) is 96.5 cm³/mol. The van der Waals surface area contributed by atoms with Gasteiger partial charge in [-0.3, -0.25) is 4.79 Å². The van der Waals surface area contributed by atoms with Gasteiger partial charge in [0.25, 0.3) is 0 Å². The third kappa shape index (κ3) is 5.23. The van der Waals surface area contributed by atoms with Crippen molar-refractivity contribution in [3.05, 3.63) is 47.3 Å². The first-order chi connectivity index (χ1) is 12.0. The second-order valence-electron chi connectivity index (χ2n) is 7.41. The molecule has 2 atom stereocenters. The Labute approximate surface area is 149 Å². The van der Waals surface area contributed by atoms with Gasteiger partial charge in [-0.05, 0) is 23.5 Å². The Morgan fingerprint density at radius 1 is 1.28 bits per heavy atom. The SMILES string of the molecule is CC(C)Cc1ccc(C(C)C(=O)CCc2cn(C[C@@H]3CO3)nn2)cc1. The second kappa shape index (κ2) is 7.91. The Bertz CT molecular complexity index is 702. The molecule has 1 fully saturated rings. The molecule has 0 amide bonds. The molecule has 0 bridgehead atoms. The lowest BCUT2D eigenvalue weighted by Gasteiger charge is -2.12. The first-order valence-corrected chi connectivity index (χ1v) is 9.13. The zero-order valence-electron chi connectivity index (χ0n) is 15.3. The minimum absolute atomic E-state index is 0.0805. The number of epoxide rings is 1. The van der Waals surface area contributed by atoms with Crippen molar-refractivity contribution in [2.75, 3.05) is 6.61 Å². The summed E-state index contributed by atoms with van der Waals surface area (Å²) in [7, 11) is 0. The molecule has 3 rings (SSSR count). The summed E-state index contributed by atoms with van der Waals surface area (Å²) in [5, 5.41) is 8.23. The van der Waals surface area contributed by atoms with Crippen LogP contribution in [0.1, 0.15) is 49.9 Å². The summed E-state index contributed by atoms with van der Waals surface area (Å²) in [4.78, 5) is 12.5. The summed E-state index contributed by atoms with van der Waals surface area (Å²) < 4.78 is 6.99. The van der Waals surface area contributed by atoms with Crippen molar-refractivity contribution in [1.82, 2.24) is 15.0 Å². The van der Waals surface area contributed by atoms with Crippen molar-refractivity contribution < 1.29 is 9.53 Å². The second-order valence-corrected chi connectivity index (χ2v) is 7.41. The summed E-state index contributed by atoms with van der Waals surface area (Å²) >= 11 is 0. The molecule has 2 heterocycles. The number of hydrogen-bond donors (Lipinski definition) is 0. The Hall–Kier alpha value is -2.01. The van der Waals surface area contributed by atoms with Crippen LogP contribution >= 0.6 is 0 Å². The van der Waals surface area contributed by atoms with Crippen molar-refractivity contribution >= 4 is 5.78 Å². The van der Waals surface area contributed by atoms with Crippen LogP contribution in [0.2, 0.25) is 0 Å². The topological polar surface area (TPSA) is 60.3 Å². The smallest absolute Gasteiger partial charge is 0.140 e. The maximum Gasteiger partial charge on any atom is 0.140 e. The van der Waals surface area contributed by atoms with E-state index >= 15 is 0 Å². The van der Waals surface area contributed by atoms with E-state index in [9.17, 15) is 4.79 Å². The molecule has 1 aromatic heterocycles. The normalized spacial score (nSPS) is 17.7. The summed E-state index contributed by atoms with van der Waals surface area (Å²) in [6, 6.07) is 8.47. The molecule has 0 N–H and O–H groups in total. The van der Waals surface area contributed by atoms with E-state index in [2.05, 4.69) is 48.4 Å². The van der Waals surface area contributed by atoms with E-state index in [1.807, 2.05) is 13.1 Å². The van der Waals surface area contributed by atoms with Gasteiger partial charge in [-0.25, -0.2) is 4.68 Å². The molecule has 2 aromatic rings. The quantitative estimate of drug-likeness (QED) is 0.657. The molecular weight excluding hydrogens is 314 g/mol. The van der Waals surface area contributed by atoms with Gasteiger partial charge in [-0.2, -0.15) is 0 Å². The summed E-state index contributed by atoms with van der Waals surface area (Å²) in [5.41, 5.74) is 3.29. The molecule has 1 aliphatic heterocycles. The van der Waals surface area contributed by atoms with Crippen molar-refractivity contribution in [3.63, 3.8) is 0 Å². The van der Waals surface area contributed by atoms with Gasteiger partial charge in [0.05, 0.1) is 18.8 Å². The van der Waals surface area contributed by atoms with Crippen LogP contribution in [0.25, 0.3) is 0 Å². The number of aromatic nitrogens is 3. The number of carbonyl (C=O) groups is 1. The number of carbonyl (C=O) groups excluding carboxylic acids is 1. The molecule has 1 saturated heterocycles. The fourth-order valence-corrected chi connectivity index (χ4v) is 2.99. The van der Waals surface area contributed by atoms with Crippen LogP contribution in [0.15, 0.2) is 30.5 Å². The number of nitrogens with zero attached hydrogens (tertiary/aromatic N) is 3. The maximum absolute atomic E-state index is 12.5. The molecule has 5 nitrogen and oxygen atoms in total. The molecule has 0 radical (unpaired) electrons. The molecule has 0 spiro atoms. The summed E-state index contributed by atoms with van der Waals surface area (Å²) in [6.45, 7) is 7.98. The highest BCUT2D eigenvalue weighted by Crippen LogP contribution is 2.20. The van der Waals surface area contributed by atoms with E-state index in [0.717, 1.165) is 30.8 Å². The van der Waals surface area contributed by atoms with Crippen LogP contribution in [0, 0.1) is 5.92 Å². The Kier molecular flexibility index (Phi) is 5.63. The van der Waals surface area contributed by atoms with E-state index in [1.165, 1.54) is 5.56 Å². The van der Waals surface area contributed by atoms with Crippen molar-refractivity contribution in [2.24, 2.45) is 5.92 Å². The number of aryl methyl sites for hydroxylation is 1. The standard InChI is InChI=1S/C20H27N3O2/c1-14(2)10-16-4-6-17(7-5-16)15(3)20(24)9-8-18-11-23(22-21-18)12-19-13-25-19/h4-7,11,14-15,19H,8-10,12-13H2,1-3H3/t15?,19-/m1/s1. The molecule has 0 aliphatic carbocycles. The van der Waals surface area contributed by atoms with E-state index < -0.39 is 0 Å². The van der Waals surface area contributed by atoms with Crippen molar-refractivity contribution in [2.45, 2.75) is 58.6 Å². The van der Waals surface area contributed by atoms with Gasteiger partial charge < -0.3 is 4.74 Å². The zero-order valence-corrected chi connectivity index (χ0v) is 15.3. The predicted octanol–water partition coefficient (Wildman–Crippen LogP) is 3.18. The maximum atomic E-state index is 12.5. The average molecular weight is 341 g/mol. The molecule has 0 saturated carbocycles. The van der Waals surface area contributed by atoms with Gasteiger partial charge in [0.15, 0.2) is 0 Å². The monoisotopic (exact) mass is 341 g/mol. The lowest BCUT2D eigenvalue weighted by molar-refractivity contribution is -0.120. The van der Waals surface area contributed by atoms with E-state index in [0.29, 0.717) is 18.8 Å². The highest BCUT2D eigenvalue weighted by molar-refractivity contribution is 5.85. The molecular formula is C20H27N3O2. The lowest BCUT2D eigenvalue weighted by atomic mass is 9.92. The van der Waals surface area contributed by atoms with Crippen LogP contribution in [-0.2, 0) is 28.9 Å². The summed E-state index contributed by atoms with van der Waals surface area (Å²) in [6.07, 6.45) is 4.41. The van der Waals surface area contributed by atoms with E-state index in [4.69, 9.17) is 4.74 Å².